The van der Waals surface area contributed by atoms with Crippen LogP contribution in [-0.2, 0) is 61.7 Å². The summed E-state index contributed by atoms with van der Waals surface area (Å²) in [5, 5.41) is 30.5. The lowest BCUT2D eigenvalue weighted by molar-refractivity contribution is -0.122. The van der Waals surface area contributed by atoms with E-state index in [1.165, 1.54) is 32.7 Å². The van der Waals surface area contributed by atoms with Gasteiger partial charge in [-0.2, -0.15) is 10.5 Å². The van der Waals surface area contributed by atoms with Crippen LogP contribution in [0.2, 0.25) is 5.02 Å². The summed E-state index contributed by atoms with van der Waals surface area (Å²) in [5.41, 5.74) is 8.69. The zero-order valence-electron chi connectivity index (χ0n) is 49.5. The number of aromatic amines is 1. The van der Waals surface area contributed by atoms with Crippen molar-refractivity contribution in [2.75, 3.05) is 13.1 Å². The number of nitrogens with one attached hydrogen (secondary N) is 3. The van der Waals surface area contributed by atoms with Gasteiger partial charge in [0.2, 0.25) is 11.8 Å². The Morgan fingerprint density at radius 3 is 1.50 bits per heavy atom. The van der Waals surface area contributed by atoms with Crippen molar-refractivity contribution < 1.29 is 9.59 Å². The molecule has 86 heavy (non-hydrogen) atoms. The lowest BCUT2D eigenvalue weighted by atomic mass is 9.97. The van der Waals surface area contributed by atoms with Gasteiger partial charge in [0.15, 0.2) is 0 Å². The molecule has 0 radical (unpaired) electrons. The summed E-state index contributed by atoms with van der Waals surface area (Å²) >= 11 is 6.36. The van der Waals surface area contributed by atoms with Crippen LogP contribution < -0.4 is 10.6 Å². The maximum atomic E-state index is 13.5. The molecule has 0 aliphatic heterocycles. The molecule has 7 aromatic carbocycles. The third kappa shape index (κ3) is 17.2. The molecule has 0 bridgehead atoms. The highest BCUT2D eigenvalue weighted by atomic mass is 35.5. The molecule has 3 aromatic heterocycles. The molecule has 3 N–H and O–H groups in total. The van der Waals surface area contributed by atoms with Crippen molar-refractivity contribution in [1.29, 1.82) is 10.5 Å². The van der Waals surface area contributed by atoms with Gasteiger partial charge in [0.1, 0.15) is 5.82 Å². The lowest BCUT2D eigenvalue weighted by Crippen LogP contribution is -2.47. The Kier molecular flexibility index (Phi) is 21.8. The summed E-state index contributed by atoms with van der Waals surface area (Å²) in [6.45, 7) is 14.1. The summed E-state index contributed by atoms with van der Waals surface area (Å²) in [7, 11) is 0. The average molecular weight is 1160 g/mol. The summed E-state index contributed by atoms with van der Waals surface area (Å²) in [6, 6.07) is 57.0. The minimum absolute atomic E-state index is 0.0232. The zero-order chi connectivity index (χ0) is 60.2. The second kappa shape index (κ2) is 30.6. The maximum Gasteiger partial charge on any atom is 0.226 e. The van der Waals surface area contributed by atoms with Gasteiger partial charge >= 0.3 is 0 Å². The molecule has 0 aliphatic rings. The lowest BCUT2D eigenvalue weighted by Gasteiger charge is -2.32. The van der Waals surface area contributed by atoms with Gasteiger partial charge in [-0.05, 0) is 97.6 Å². The van der Waals surface area contributed by atoms with E-state index in [4.69, 9.17) is 22.1 Å². The molecular weight excluding hydrogens is 1090 g/mol. The molecule has 0 saturated carbocycles. The Bertz CT molecular complexity index is 3870. The van der Waals surface area contributed by atoms with E-state index in [-0.39, 0.29) is 48.6 Å². The molecule has 3 heterocycles. The standard InChI is InChI=1S/C37H38ClN5O.C34H37N7O/c1-3-27(2)36(41-37(44)19-34-21-40-26-43(34)23-29-16-14-28(20-39)15-17-29)25-42(22-30-8-6-12-33(38)18-30)24-32-11-7-10-31-9-4-5-13-35(31)32;1-3-25(2)32(39-34(42)17-30-19-36-24-41(30)20-27-13-11-26(18-35)12-14-27)22-40(23-33-37-15-16-38-33)21-29-9-6-8-28-7-4-5-10-31(28)29/h4-18,21,26-27,36H,3,19,22-25H2,1-2H3,(H,41,44);4-16,19,24-25,32H,3,17,20-23H2,1-2H3,(H,37,38)(H,39,42)/t27-,36+;/m0./s1. The number of benzene rings is 7. The van der Waals surface area contributed by atoms with Crippen LogP contribution in [0.3, 0.4) is 0 Å². The number of hydrogen-bond donors (Lipinski definition) is 3. The van der Waals surface area contributed by atoms with Crippen LogP contribution in [0.4, 0.5) is 0 Å². The van der Waals surface area contributed by atoms with E-state index in [0.717, 1.165) is 64.9 Å². The molecule has 10 rings (SSSR count). The molecule has 0 saturated heterocycles. The number of halogens is 1. The fourth-order valence-corrected chi connectivity index (χ4v) is 11.2. The van der Waals surface area contributed by atoms with Gasteiger partial charge in [-0.15, -0.1) is 0 Å². The van der Waals surface area contributed by atoms with Gasteiger partial charge in [-0.1, -0.05) is 173 Å². The van der Waals surface area contributed by atoms with Crippen LogP contribution in [0.1, 0.15) is 96.7 Å². The van der Waals surface area contributed by atoms with Crippen molar-refractivity contribution in [3.05, 3.63) is 256 Å². The number of H-pyrrole nitrogens is 1. The van der Waals surface area contributed by atoms with Crippen LogP contribution >= 0.6 is 11.6 Å². The Labute approximate surface area is 510 Å². The molecule has 2 amide bonds. The van der Waals surface area contributed by atoms with Crippen LogP contribution in [0, 0.1) is 34.5 Å². The average Bonchev–Trinajstić information content (AvgIpc) is 3.07. The van der Waals surface area contributed by atoms with Crippen molar-refractivity contribution in [2.24, 2.45) is 11.8 Å². The fraction of sp³-hybridized carbons (Fsp3) is 0.282. The summed E-state index contributed by atoms with van der Waals surface area (Å²) in [6.07, 6.45) is 13.0. The second-order valence-electron chi connectivity index (χ2n) is 22.4. The van der Waals surface area contributed by atoms with E-state index >= 15 is 0 Å². The predicted molar refractivity (Wildman–Crippen MR) is 341 cm³/mol. The largest absolute Gasteiger partial charge is 0.351 e. The first-order valence-electron chi connectivity index (χ1n) is 29.6. The first kappa shape index (κ1) is 61.4. The number of hydrogen-bond acceptors (Lipinski definition) is 9. The zero-order valence-corrected chi connectivity index (χ0v) is 50.2. The molecule has 15 heteroatoms. The molecular formula is C71H75ClN12O2. The van der Waals surface area contributed by atoms with Crippen LogP contribution in [0.15, 0.2) is 195 Å². The van der Waals surface area contributed by atoms with Gasteiger partial charge < -0.3 is 24.8 Å². The van der Waals surface area contributed by atoms with E-state index in [9.17, 15) is 9.59 Å². The molecule has 4 atom stereocenters. The Morgan fingerprint density at radius 1 is 0.581 bits per heavy atom. The van der Waals surface area contributed by atoms with E-state index in [2.05, 4.69) is 171 Å². The molecule has 0 aliphatic carbocycles. The Morgan fingerprint density at radius 2 is 1.05 bits per heavy atom. The smallest absolute Gasteiger partial charge is 0.226 e. The summed E-state index contributed by atoms with van der Waals surface area (Å²) in [4.78, 5) is 48.1. The predicted octanol–water partition coefficient (Wildman–Crippen LogP) is 12.8. The quantitative estimate of drug-likeness (QED) is 0.0476. The third-order valence-electron chi connectivity index (χ3n) is 16.2. The van der Waals surface area contributed by atoms with Crippen LogP contribution in [-0.4, -0.2) is 75.9 Å². The van der Waals surface area contributed by atoms with E-state index < -0.39 is 0 Å². The fourth-order valence-electron chi connectivity index (χ4n) is 10.9. The maximum absolute atomic E-state index is 13.5. The molecule has 10 aromatic rings. The first-order valence-corrected chi connectivity index (χ1v) is 30.0. The van der Waals surface area contributed by atoms with E-state index in [1.807, 2.05) is 82.1 Å². The highest BCUT2D eigenvalue weighted by Gasteiger charge is 2.26. The number of amides is 2. The van der Waals surface area contributed by atoms with Gasteiger partial charge in [-0.3, -0.25) is 19.4 Å². The number of carbonyl (C=O) groups excluding carboxylic acids is 2. The highest BCUT2D eigenvalue weighted by molar-refractivity contribution is 6.30. The highest BCUT2D eigenvalue weighted by Crippen LogP contribution is 2.25. The van der Waals surface area contributed by atoms with E-state index in [0.29, 0.717) is 50.4 Å². The summed E-state index contributed by atoms with van der Waals surface area (Å²) < 4.78 is 3.98. The SMILES string of the molecule is CCC(C)C(CN(Cc1ncc[nH]1)Cc1cccc2ccccc12)NC(=O)Cc1cncn1Cc1ccc(C#N)cc1.CC[C@H](C)[C@@H](CN(Cc1cccc(Cl)c1)Cc1cccc2ccccc12)NC(=O)Cc1cncn1Cc1ccc(C#N)cc1. The van der Waals surface area contributed by atoms with Crippen molar-refractivity contribution in [1.82, 2.24) is 49.5 Å². The van der Waals surface area contributed by atoms with Crippen molar-refractivity contribution in [2.45, 2.75) is 105 Å². The van der Waals surface area contributed by atoms with Gasteiger partial charge in [0.25, 0.3) is 0 Å². The second-order valence-corrected chi connectivity index (χ2v) is 22.8. The van der Waals surface area contributed by atoms with Crippen molar-refractivity contribution in [3.63, 3.8) is 0 Å². The summed E-state index contributed by atoms with van der Waals surface area (Å²) in [5.74, 6) is 1.41. The number of fused-ring (bicyclic) bond motifs is 2. The van der Waals surface area contributed by atoms with Crippen LogP contribution in [0.25, 0.3) is 21.5 Å². The number of imidazole rings is 3. The van der Waals surface area contributed by atoms with Gasteiger partial charge in [-0.25, -0.2) is 15.0 Å². The number of nitriles is 2. The monoisotopic (exact) mass is 1160 g/mol. The van der Waals surface area contributed by atoms with E-state index in [1.54, 1.807) is 31.2 Å². The van der Waals surface area contributed by atoms with Crippen molar-refractivity contribution in [3.8, 4) is 12.1 Å². The minimum Gasteiger partial charge on any atom is -0.351 e. The van der Waals surface area contributed by atoms with Gasteiger partial charge in [0.05, 0.1) is 55.3 Å². The van der Waals surface area contributed by atoms with Gasteiger partial charge in [0, 0.05) is 99.1 Å². The normalized spacial score (nSPS) is 12.7. The number of carbonyl (C=O) groups is 2. The number of rotatable bonds is 26. The minimum atomic E-state index is -0.0449. The Hall–Kier alpha value is -9.18. The van der Waals surface area contributed by atoms with Crippen LogP contribution in [0.5, 0.6) is 0 Å². The molecule has 0 fully saturated rings. The van der Waals surface area contributed by atoms with Crippen molar-refractivity contribution >= 4 is 45.0 Å². The topological polar surface area (TPSA) is 177 Å². The number of nitrogens with zero attached hydrogens (tertiary/aromatic N) is 9. The first-order chi connectivity index (χ1) is 41.9. The third-order valence-corrected chi connectivity index (χ3v) is 16.4. The molecule has 0 spiro atoms. The molecule has 2 unspecified atom stereocenters. The Balaban J connectivity index is 0.000000206. The molecule has 14 nitrogen and oxygen atoms in total. The molecule has 438 valence electrons. The number of aromatic nitrogens is 6.